The highest BCUT2D eigenvalue weighted by Gasteiger charge is 2.10. The number of nitrogens with zero attached hydrogens (tertiary/aromatic N) is 1. The molecule has 27 heavy (non-hydrogen) atoms. The van der Waals surface area contributed by atoms with E-state index in [4.69, 9.17) is 4.42 Å². The second kappa shape index (κ2) is 7.68. The Bertz CT molecular complexity index is 1060. The maximum absolute atomic E-state index is 11.8. The number of aromatic nitrogens is 1. The fraction of sp³-hybridized carbons (Fsp3) is 0.227. The van der Waals surface area contributed by atoms with Gasteiger partial charge in [0.25, 0.3) is 5.91 Å². The number of amides is 1. The first-order valence-corrected chi connectivity index (χ1v) is 9.30. The molecule has 2 aromatic carbocycles. The van der Waals surface area contributed by atoms with Crippen molar-refractivity contribution in [3.8, 4) is 0 Å². The molecule has 2 N–H and O–H groups in total. The molecule has 0 saturated heterocycles. The molecule has 0 saturated carbocycles. The lowest BCUT2D eigenvalue weighted by atomic mass is 10.1. The van der Waals surface area contributed by atoms with Gasteiger partial charge < -0.3 is 19.6 Å². The van der Waals surface area contributed by atoms with E-state index in [1.54, 1.807) is 12.1 Å². The van der Waals surface area contributed by atoms with E-state index in [0.717, 1.165) is 13.1 Å². The van der Waals surface area contributed by atoms with Gasteiger partial charge in [0.15, 0.2) is 5.76 Å². The van der Waals surface area contributed by atoms with Gasteiger partial charge in [-0.15, -0.1) is 0 Å². The molecule has 0 atom stereocenters. The first kappa shape index (κ1) is 17.4. The average Bonchev–Trinajstić information content (AvgIpc) is 3.34. The van der Waals surface area contributed by atoms with Crippen LogP contribution in [0.5, 0.6) is 0 Å². The molecular formula is C22H23N3O2. The molecule has 5 heteroatoms. The van der Waals surface area contributed by atoms with Crippen molar-refractivity contribution in [2.75, 3.05) is 13.1 Å². The van der Waals surface area contributed by atoms with Crippen molar-refractivity contribution >= 4 is 27.7 Å². The van der Waals surface area contributed by atoms with Crippen molar-refractivity contribution in [3.05, 3.63) is 72.2 Å². The van der Waals surface area contributed by atoms with Crippen molar-refractivity contribution in [3.63, 3.8) is 0 Å². The van der Waals surface area contributed by atoms with E-state index in [9.17, 15) is 4.79 Å². The average molecular weight is 361 g/mol. The number of para-hydroxylation sites is 1. The maximum Gasteiger partial charge on any atom is 0.287 e. The standard InChI is InChI=1S/C22H23N3O2/c1-2-25-19-7-4-3-6-17(19)18-14-16(9-10-20(18)25)15-23-11-12-24-22(26)21-8-5-13-27-21/h3-10,13-14,23H,2,11-12,15H2,1H3,(H,24,26). The van der Waals surface area contributed by atoms with Gasteiger partial charge in [-0.25, -0.2) is 0 Å². The second-order valence-corrected chi connectivity index (χ2v) is 6.52. The maximum atomic E-state index is 11.8. The zero-order valence-corrected chi connectivity index (χ0v) is 15.4. The molecule has 0 aliphatic rings. The Morgan fingerprint density at radius 2 is 1.85 bits per heavy atom. The molecule has 0 radical (unpaired) electrons. The van der Waals surface area contributed by atoms with Gasteiger partial charge in [-0.3, -0.25) is 4.79 Å². The summed E-state index contributed by atoms with van der Waals surface area (Å²) in [6.07, 6.45) is 1.50. The van der Waals surface area contributed by atoms with E-state index in [1.807, 2.05) is 0 Å². The third-order valence-electron chi connectivity index (χ3n) is 4.81. The van der Waals surface area contributed by atoms with Gasteiger partial charge >= 0.3 is 0 Å². The summed E-state index contributed by atoms with van der Waals surface area (Å²) in [6, 6.07) is 18.5. The number of furan rings is 1. The summed E-state index contributed by atoms with van der Waals surface area (Å²) < 4.78 is 7.43. The molecule has 0 unspecified atom stereocenters. The Morgan fingerprint density at radius 3 is 2.67 bits per heavy atom. The monoisotopic (exact) mass is 361 g/mol. The number of hydrogen-bond acceptors (Lipinski definition) is 3. The Balaban J connectivity index is 1.40. The number of carbonyl (C=O) groups is 1. The summed E-state index contributed by atoms with van der Waals surface area (Å²) in [6.45, 7) is 5.14. The number of carbonyl (C=O) groups excluding carboxylic acids is 1. The third kappa shape index (κ3) is 3.46. The van der Waals surface area contributed by atoms with Crippen molar-refractivity contribution in [1.29, 1.82) is 0 Å². The van der Waals surface area contributed by atoms with Crippen LogP contribution in [0, 0.1) is 0 Å². The van der Waals surface area contributed by atoms with Crippen LogP contribution in [0.15, 0.2) is 65.3 Å². The fourth-order valence-electron chi connectivity index (χ4n) is 3.54. The highest BCUT2D eigenvalue weighted by molar-refractivity contribution is 6.08. The summed E-state index contributed by atoms with van der Waals surface area (Å²) in [5.41, 5.74) is 3.78. The Morgan fingerprint density at radius 1 is 1.00 bits per heavy atom. The molecule has 0 aliphatic carbocycles. The third-order valence-corrected chi connectivity index (χ3v) is 4.81. The van der Waals surface area contributed by atoms with Crippen molar-refractivity contribution < 1.29 is 9.21 Å². The number of benzene rings is 2. The lowest BCUT2D eigenvalue weighted by Gasteiger charge is -2.07. The van der Waals surface area contributed by atoms with E-state index in [2.05, 4.69) is 64.6 Å². The molecule has 0 aliphatic heterocycles. The van der Waals surface area contributed by atoms with Gasteiger partial charge in [0.1, 0.15) is 0 Å². The van der Waals surface area contributed by atoms with E-state index < -0.39 is 0 Å². The normalized spacial score (nSPS) is 11.3. The second-order valence-electron chi connectivity index (χ2n) is 6.52. The van der Waals surface area contributed by atoms with Crippen molar-refractivity contribution in [1.82, 2.24) is 15.2 Å². The Kier molecular flexibility index (Phi) is 4.94. The van der Waals surface area contributed by atoms with Gasteiger partial charge in [-0.05, 0) is 42.8 Å². The molecule has 5 nitrogen and oxygen atoms in total. The summed E-state index contributed by atoms with van der Waals surface area (Å²) in [7, 11) is 0. The number of aryl methyl sites for hydroxylation is 1. The van der Waals surface area contributed by atoms with E-state index >= 15 is 0 Å². The zero-order valence-electron chi connectivity index (χ0n) is 15.4. The van der Waals surface area contributed by atoms with Crippen LogP contribution >= 0.6 is 0 Å². The minimum atomic E-state index is -0.185. The quantitative estimate of drug-likeness (QED) is 0.491. The van der Waals surface area contributed by atoms with E-state index in [-0.39, 0.29) is 5.91 Å². The van der Waals surface area contributed by atoms with Crippen molar-refractivity contribution in [2.45, 2.75) is 20.0 Å². The van der Waals surface area contributed by atoms with Crippen LogP contribution in [0.1, 0.15) is 23.0 Å². The van der Waals surface area contributed by atoms with Crippen LogP contribution in [0.2, 0.25) is 0 Å². The van der Waals surface area contributed by atoms with Crippen LogP contribution in [-0.4, -0.2) is 23.6 Å². The van der Waals surface area contributed by atoms with Crippen LogP contribution < -0.4 is 10.6 Å². The molecular weight excluding hydrogens is 338 g/mol. The number of rotatable bonds is 7. The fourth-order valence-corrected chi connectivity index (χ4v) is 3.54. The smallest absolute Gasteiger partial charge is 0.287 e. The van der Waals surface area contributed by atoms with Crippen LogP contribution in [0.3, 0.4) is 0 Å². The lowest BCUT2D eigenvalue weighted by Crippen LogP contribution is -2.31. The predicted molar refractivity (Wildman–Crippen MR) is 108 cm³/mol. The summed E-state index contributed by atoms with van der Waals surface area (Å²) >= 11 is 0. The number of fused-ring (bicyclic) bond motifs is 3. The zero-order chi connectivity index (χ0) is 18.6. The van der Waals surface area contributed by atoms with Gasteiger partial charge in [0, 0.05) is 48.0 Å². The summed E-state index contributed by atoms with van der Waals surface area (Å²) in [4.78, 5) is 11.8. The number of hydrogen-bond donors (Lipinski definition) is 2. The molecule has 2 heterocycles. The molecule has 4 rings (SSSR count). The Hall–Kier alpha value is -3.05. The first-order valence-electron chi connectivity index (χ1n) is 9.30. The van der Waals surface area contributed by atoms with E-state index in [1.165, 1.54) is 33.6 Å². The van der Waals surface area contributed by atoms with Gasteiger partial charge in [0.2, 0.25) is 0 Å². The van der Waals surface area contributed by atoms with Gasteiger partial charge in [-0.1, -0.05) is 24.3 Å². The predicted octanol–water partition coefficient (Wildman–Crippen LogP) is 3.93. The van der Waals surface area contributed by atoms with Crippen LogP contribution in [-0.2, 0) is 13.1 Å². The molecule has 1 amide bonds. The minimum Gasteiger partial charge on any atom is -0.459 e. The molecule has 4 aromatic rings. The summed E-state index contributed by atoms with van der Waals surface area (Å²) in [5.74, 6) is 0.156. The van der Waals surface area contributed by atoms with Crippen molar-refractivity contribution in [2.24, 2.45) is 0 Å². The van der Waals surface area contributed by atoms with Gasteiger partial charge in [-0.2, -0.15) is 0 Å². The highest BCUT2D eigenvalue weighted by Crippen LogP contribution is 2.29. The summed E-state index contributed by atoms with van der Waals surface area (Å²) in [5, 5.41) is 8.80. The SMILES string of the molecule is CCn1c2ccccc2c2cc(CNCCNC(=O)c3ccco3)ccc21. The molecule has 0 fully saturated rings. The number of nitrogens with one attached hydrogen (secondary N) is 2. The molecule has 138 valence electrons. The highest BCUT2D eigenvalue weighted by atomic mass is 16.3. The lowest BCUT2D eigenvalue weighted by molar-refractivity contribution is 0.0926. The Labute approximate surface area is 158 Å². The van der Waals surface area contributed by atoms with Crippen LogP contribution in [0.4, 0.5) is 0 Å². The topological polar surface area (TPSA) is 59.2 Å². The van der Waals surface area contributed by atoms with E-state index in [0.29, 0.717) is 18.8 Å². The largest absolute Gasteiger partial charge is 0.459 e. The first-order chi connectivity index (χ1) is 13.3. The molecule has 0 bridgehead atoms. The van der Waals surface area contributed by atoms with Gasteiger partial charge in [0.05, 0.1) is 6.26 Å². The van der Waals surface area contributed by atoms with Crippen LogP contribution in [0.25, 0.3) is 21.8 Å². The molecule has 2 aromatic heterocycles. The molecule has 0 spiro atoms. The minimum absolute atomic E-state index is 0.185.